The highest BCUT2D eigenvalue weighted by Crippen LogP contribution is 2.16. The van der Waals surface area contributed by atoms with Crippen molar-refractivity contribution in [1.82, 2.24) is 5.32 Å². The molecule has 2 unspecified atom stereocenters. The van der Waals surface area contributed by atoms with E-state index in [2.05, 4.69) is 29.6 Å². The minimum Gasteiger partial charge on any atom is -0.301 e. The minimum absolute atomic E-state index is 0.685. The summed E-state index contributed by atoms with van der Waals surface area (Å²) in [6, 6.07) is 1.37. The van der Waals surface area contributed by atoms with Crippen LogP contribution in [-0.4, -0.2) is 12.1 Å². The van der Waals surface area contributed by atoms with Crippen molar-refractivity contribution in [3.8, 4) is 0 Å². The van der Waals surface area contributed by atoms with E-state index in [-0.39, 0.29) is 0 Å². The first-order chi connectivity index (χ1) is 3.47. The van der Waals surface area contributed by atoms with Crippen LogP contribution in [0, 0.1) is 0 Å². The highest BCUT2D eigenvalue weighted by molar-refractivity contribution is 5.28. The van der Waals surface area contributed by atoms with Crippen molar-refractivity contribution < 1.29 is 0 Å². The first-order valence-corrected chi connectivity index (χ1v) is 2.58. The van der Waals surface area contributed by atoms with Gasteiger partial charge in [-0.05, 0) is 0 Å². The predicted octanol–water partition coefficient (Wildman–Crippen LogP) is 0.453. The van der Waals surface area contributed by atoms with Gasteiger partial charge in [-0.3, -0.25) is 0 Å². The number of hydrogen-bond donors (Lipinski definition) is 1. The van der Waals surface area contributed by atoms with E-state index in [9.17, 15) is 0 Å². The standard InChI is InChI=1S/C6H7N/c1-2-4-6-5(3-1)7-6/h1-7H. The quantitative estimate of drug-likeness (QED) is 0.431. The second-order valence-corrected chi connectivity index (χ2v) is 1.99. The molecule has 1 fully saturated rings. The molecule has 0 radical (unpaired) electrons. The van der Waals surface area contributed by atoms with Crippen LogP contribution in [0.25, 0.3) is 0 Å². The van der Waals surface area contributed by atoms with Gasteiger partial charge in [0.25, 0.3) is 0 Å². The van der Waals surface area contributed by atoms with Gasteiger partial charge in [-0.15, -0.1) is 0 Å². The summed E-state index contributed by atoms with van der Waals surface area (Å²) in [5, 5.41) is 3.26. The van der Waals surface area contributed by atoms with E-state index in [4.69, 9.17) is 0 Å². The second-order valence-electron chi connectivity index (χ2n) is 1.99. The van der Waals surface area contributed by atoms with Crippen molar-refractivity contribution in [1.29, 1.82) is 0 Å². The molecule has 1 saturated heterocycles. The number of fused-ring (bicyclic) bond motifs is 1. The molecule has 0 aromatic carbocycles. The van der Waals surface area contributed by atoms with E-state index in [0.717, 1.165) is 0 Å². The average Bonchev–Trinajstić information content (AvgIpc) is 2.41. The molecule has 0 saturated carbocycles. The van der Waals surface area contributed by atoms with Crippen molar-refractivity contribution in [2.45, 2.75) is 12.1 Å². The molecule has 0 aromatic rings. The van der Waals surface area contributed by atoms with Crippen molar-refractivity contribution in [2.75, 3.05) is 0 Å². The van der Waals surface area contributed by atoms with Gasteiger partial charge in [0.15, 0.2) is 0 Å². The Morgan fingerprint density at radius 2 is 1.57 bits per heavy atom. The third kappa shape index (κ3) is 0.416. The Labute approximate surface area is 42.7 Å². The second kappa shape index (κ2) is 0.984. The highest BCUT2D eigenvalue weighted by Gasteiger charge is 2.31. The molecule has 36 valence electrons. The first kappa shape index (κ1) is 3.44. The molecule has 0 aromatic heterocycles. The fourth-order valence-electron chi connectivity index (χ4n) is 0.885. The fourth-order valence-corrected chi connectivity index (χ4v) is 0.885. The maximum absolute atomic E-state index is 3.26. The summed E-state index contributed by atoms with van der Waals surface area (Å²) in [6.07, 6.45) is 8.54. The lowest BCUT2D eigenvalue weighted by Gasteiger charge is -1.84. The monoisotopic (exact) mass is 93.1 g/mol. The smallest absolute Gasteiger partial charge is 0.0450 e. The predicted molar refractivity (Wildman–Crippen MR) is 29.0 cm³/mol. The van der Waals surface area contributed by atoms with Crippen LogP contribution in [0.3, 0.4) is 0 Å². The normalized spacial score (nSPS) is 43.4. The van der Waals surface area contributed by atoms with E-state index < -0.39 is 0 Å². The molecule has 1 heteroatoms. The molecule has 1 nitrogen and oxygen atoms in total. The van der Waals surface area contributed by atoms with Gasteiger partial charge in [0, 0.05) is 12.1 Å². The van der Waals surface area contributed by atoms with Gasteiger partial charge in [0.1, 0.15) is 0 Å². The molecule has 1 N–H and O–H groups in total. The molecule has 0 bridgehead atoms. The molecule has 0 amide bonds. The SMILES string of the molecule is C1=CC2NC2C=C1. The van der Waals surface area contributed by atoms with E-state index >= 15 is 0 Å². The fraction of sp³-hybridized carbons (Fsp3) is 0.333. The Morgan fingerprint density at radius 1 is 1.00 bits per heavy atom. The topological polar surface area (TPSA) is 21.9 Å². The maximum Gasteiger partial charge on any atom is 0.0450 e. The Morgan fingerprint density at radius 3 is 2.00 bits per heavy atom. The van der Waals surface area contributed by atoms with Crippen molar-refractivity contribution in [3.05, 3.63) is 24.3 Å². The van der Waals surface area contributed by atoms with Gasteiger partial charge in [0.05, 0.1) is 0 Å². The molecular weight excluding hydrogens is 86.1 g/mol. The molecule has 2 rings (SSSR count). The molecule has 2 atom stereocenters. The number of hydrogen-bond acceptors (Lipinski definition) is 1. The maximum atomic E-state index is 3.26. The van der Waals surface area contributed by atoms with Crippen molar-refractivity contribution in [2.24, 2.45) is 0 Å². The lowest BCUT2D eigenvalue weighted by atomic mass is 10.2. The third-order valence-corrected chi connectivity index (χ3v) is 1.41. The Kier molecular flexibility index (Phi) is 0.484. The summed E-state index contributed by atoms with van der Waals surface area (Å²) in [4.78, 5) is 0. The third-order valence-electron chi connectivity index (χ3n) is 1.41. The molecule has 2 aliphatic rings. The number of rotatable bonds is 0. The summed E-state index contributed by atoms with van der Waals surface area (Å²) in [7, 11) is 0. The van der Waals surface area contributed by atoms with Gasteiger partial charge in [0.2, 0.25) is 0 Å². The molecule has 1 aliphatic carbocycles. The Balaban J connectivity index is 2.28. The summed E-state index contributed by atoms with van der Waals surface area (Å²) < 4.78 is 0. The lowest BCUT2D eigenvalue weighted by molar-refractivity contribution is 1.20. The van der Waals surface area contributed by atoms with Gasteiger partial charge in [-0.25, -0.2) is 0 Å². The Bertz CT molecular complexity index is 119. The van der Waals surface area contributed by atoms with Crippen molar-refractivity contribution in [3.63, 3.8) is 0 Å². The molecular formula is C6H7N. The van der Waals surface area contributed by atoms with E-state index in [1.165, 1.54) is 0 Å². The van der Waals surface area contributed by atoms with Crippen molar-refractivity contribution >= 4 is 0 Å². The zero-order chi connectivity index (χ0) is 4.69. The van der Waals surface area contributed by atoms with Gasteiger partial charge in [-0.1, -0.05) is 24.3 Å². The summed E-state index contributed by atoms with van der Waals surface area (Å²) in [5.74, 6) is 0. The summed E-state index contributed by atoms with van der Waals surface area (Å²) in [5.41, 5.74) is 0. The van der Waals surface area contributed by atoms with Crippen LogP contribution >= 0.6 is 0 Å². The van der Waals surface area contributed by atoms with E-state index in [0.29, 0.717) is 12.1 Å². The highest BCUT2D eigenvalue weighted by atomic mass is 15.1. The zero-order valence-corrected chi connectivity index (χ0v) is 3.96. The van der Waals surface area contributed by atoms with Crippen LogP contribution in [0.2, 0.25) is 0 Å². The van der Waals surface area contributed by atoms with Crippen LogP contribution in [0.15, 0.2) is 24.3 Å². The molecule has 0 spiro atoms. The lowest BCUT2D eigenvalue weighted by Crippen LogP contribution is -1.86. The Hall–Kier alpha value is -0.560. The van der Waals surface area contributed by atoms with Crippen LogP contribution in [0.1, 0.15) is 0 Å². The molecule has 1 aliphatic heterocycles. The molecule has 7 heavy (non-hydrogen) atoms. The average molecular weight is 93.1 g/mol. The van der Waals surface area contributed by atoms with Crippen LogP contribution < -0.4 is 5.32 Å². The van der Waals surface area contributed by atoms with Gasteiger partial charge in [-0.2, -0.15) is 0 Å². The van der Waals surface area contributed by atoms with Gasteiger partial charge < -0.3 is 5.32 Å². The summed E-state index contributed by atoms with van der Waals surface area (Å²) in [6.45, 7) is 0. The summed E-state index contributed by atoms with van der Waals surface area (Å²) >= 11 is 0. The number of allylic oxidation sites excluding steroid dienone is 2. The van der Waals surface area contributed by atoms with E-state index in [1.54, 1.807) is 0 Å². The van der Waals surface area contributed by atoms with E-state index in [1.807, 2.05) is 0 Å². The molecule has 1 heterocycles. The van der Waals surface area contributed by atoms with Crippen LogP contribution in [0.4, 0.5) is 0 Å². The first-order valence-electron chi connectivity index (χ1n) is 2.58. The van der Waals surface area contributed by atoms with Crippen LogP contribution in [-0.2, 0) is 0 Å². The number of nitrogens with one attached hydrogen (secondary N) is 1. The largest absolute Gasteiger partial charge is 0.301 e. The van der Waals surface area contributed by atoms with Gasteiger partial charge >= 0.3 is 0 Å². The van der Waals surface area contributed by atoms with Crippen LogP contribution in [0.5, 0.6) is 0 Å². The zero-order valence-electron chi connectivity index (χ0n) is 3.96. The minimum atomic E-state index is 0.685.